The highest BCUT2D eigenvalue weighted by molar-refractivity contribution is 7.21. The second-order valence-corrected chi connectivity index (χ2v) is 5.36. The summed E-state index contributed by atoms with van der Waals surface area (Å²) in [5, 5.41) is 13.1. The number of rotatable bonds is 3. The van der Waals surface area contributed by atoms with Crippen LogP contribution in [-0.4, -0.2) is 29.1 Å². The van der Waals surface area contributed by atoms with Gasteiger partial charge in [-0.15, -0.1) is 11.3 Å². The number of anilines is 1. The molecule has 102 valence electrons. The Hall–Kier alpha value is -2.18. The molecule has 20 heavy (non-hydrogen) atoms. The number of thiophene rings is 1. The van der Waals surface area contributed by atoms with Gasteiger partial charge in [-0.05, 0) is 12.1 Å². The number of benzene rings is 1. The summed E-state index contributed by atoms with van der Waals surface area (Å²) in [5.41, 5.74) is 7.37. The molecular weight excluding hydrogens is 274 g/mol. The Balaban J connectivity index is 2.13. The van der Waals surface area contributed by atoms with Crippen molar-refractivity contribution in [1.29, 1.82) is 0 Å². The zero-order chi connectivity index (χ0) is 14.1. The summed E-state index contributed by atoms with van der Waals surface area (Å²) in [4.78, 5) is 17.7. The zero-order valence-corrected chi connectivity index (χ0v) is 11.4. The minimum Gasteiger partial charge on any atom is -0.397 e. The van der Waals surface area contributed by atoms with Crippen molar-refractivity contribution in [3.05, 3.63) is 35.2 Å². The molecule has 6 heteroatoms. The third kappa shape index (κ3) is 2.09. The molecule has 4 N–H and O–H groups in total. The number of aromatic nitrogens is 1. The smallest absolute Gasteiger partial charge is 0.263 e. The monoisotopic (exact) mass is 287 g/mol. The van der Waals surface area contributed by atoms with Crippen LogP contribution in [0.25, 0.3) is 21.1 Å². The first-order chi connectivity index (χ1) is 9.70. The molecule has 2 heterocycles. The van der Waals surface area contributed by atoms with Crippen molar-refractivity contribution >= 4 is 44.1 Å². The number of hydrogen-bond acceptors (Lipinski definition) is 5. The summed E-state index contributed by atoms with van der Waals surface area (Å²) in [6.45, 7) is 0.112. The molecule has 0 aliphatic rings. The van der Waals surface area contributed by atoms with Crippen LogP contribution in [-0.2, 0) is 0 Å². The van der Waals surface area contributed by atoms with Crippen LogP contribution in [0, 0.1) is 0 Å². The van der Waals surface area contributed by atoms with Crippen molar-refractivity contribution in [3.8, 4) is 0 Å². The highest BCUT2D eigenvalue weighted by atomic mass is 32.1. The molecule has 5 nitrogen and oxygen atoms in total. The van der Waals surface area contributed by atoms with Crippen LogP contribution >= 0.6 is 11.3 Å². The van der Waals surface area contributed by atoms with E-state index in [1.807, 2.05) is 30.3 Å². The van der Waals surface area contributed by atoms with Crippen LogP contribution in [0.1, 0.15) is 9.67 Å². The van der Waals surface area contributed by atoms with Gasteiger partial charge in [0.15, 0.2) is 0 Å². The van der Waals surface area contributed by atoms with Gasteiger partial charge in [-0.2, -0.15) is 0 Å². The van der Waals surface area contributed by atoms with E-state index in [9.17, 15) is 4.79 Å². The van der Waals surface area contributed by atoms with Gasteiger partial charge >= 0.3 is 0 Å². The summed E-state index contributed by atoms with van der Waals surface area (Å²) in [6, 6.07) is 9.70. The molecule has 0 aliphatic carbocycles. The zero-order valence-electron chi connectivity index (χ0n) is 10.6. The second kappa shape index (κ2) is 5.07. The van der Waals surface area contributed by atoms with Crippen LogP contribution in [0.2, 0.25) is 0 Å². The SMILES string of the molecule is Nc1c(C(=O)NCCO)sc2nc3ccccc3cc12. The Kier molecular flexibility index (Phi) is 3.25. The lowest BCUT2D eigenvalue weighted by atomic mass is 10.1. The number of hydrogen-bond donors (Lipinski definition) is 3. The lowest BCUT2D eigenvalue weighted by molar-refractivity contribution is 0.0949. The van der Waals surface area contributed by atoms with Gasteiger partial charge in [-0.25, -0.2) is 4.98 Å². The molecule has 0 atom stereocenters. The number of carbonyl (C=O) groups excluding carboxylic acids is 1. The first-order valence-electron chi connectivity index (χ1n) is 6.17. The van der Waals surface area contributed by atoms with Crippen LogP contribution in [0.4, 0.5) is 5.69 Å². The van der Waals surface area contributed by atoms with Crippen molar-refractivity contribution in [2.75, 3.05) is 18.9 Å². The largest absolute Gasteiger partial charge is 0.397 e. The van der Waals surface area contributed by atoms with E-state index in [1.165, 1.54) is 11.3 Å². The number of carbonyl (C=O) groups is 1. The summed E-state index contributed by atoms with van der Waals surface area (Å²) < 4.78 is 0. The average Bonchev–Trinajstić information content (AvgIpc) is 2.79. The minimum atomic E-state index is -0.274. The van der Waals surface area contributed by atoms with Gasteiger partial charge in [0.05, 0.1) is 17.8 Å². The number of nitrogens with one attached hydrogen (secondary N) is 1. The van der Waals surface area contributed by atoms with Gasteiger partial charge in [-0.1, -0.05) is 18.2 Å². The third-order valence-electron chi connectivity index (χ3n) is 3.03. The maximum absolute atomic E-state index is 12.0. The van der Waals surface area contributed by atoms with E-state index >= 15 is 0 Å². The fraction of sp³-hybridized carbons (Fsp3) is 0.143. The Morgan fingerprint density at radius 2 is 2.20 bits per heavy atom. The molecule has 0 saturated carbocycles. The van der Waals surface area contributed by atoms with Gasteiger partial charge in [0.2, 0.25) is 0 Å². The number of fused-ring (bicyclic) bond motifs is 2. The van der Waals surface area contributed by atoms with Crippen molar-refractivity contribution in [3.63, 3.8) is 0 Å². The molecule has 0 unspecified atom stereocenters. The first-order valence-corrected chi connectivity index (χ1v) is 6.99. The number of aliphatic hydroxyl groups excluding tert-OH is 1. The van der Waals surface area contributed by atoms with Gasteiger partial charge < -0.3 is 16.2 Å². The van der Waals surface area contributed by atoms with Crippen molar-refractivity contribution in [2.45, 2.75) is 0 Å². The summed E-state index contributed by atoms with van der Waals surface area (Å²) in [6.07, 6.45) is 0. The highest BCUT2D eigenvalue weighted by Crippen LogP contribution is 2.34. The molecule has 3 rings (SSSR count). The Morgan fingerprint density at radius 1 is 1.40 bits per heavy atom. The molecule has 0 fully saturated rings. The van der Waals surface area contributed by atoms with Crippen molar-refractivity contribution in [1.82, 2.24) is 10.3 Å². The fourth-order valence-electron chi connectivity index (χ4n) is 2.06. The second-order valence-electron chi connectivity index (χ2n) is 4.36. The minimum absolute atomic E-state index is 0.0985. The number of amides is 1. The van der Waals surface area contributed by atoms with Crippen LogP contribution in [0.3, 0.4) is 0 Å². The van der Waals surface area contributed by atoms with E-state index in [4.69, 9.17) is 10.8 Å². The maximum Gasteiger partial charge on any atom is 0.263 e. The highest BCUT2D eigenvalue weighted by Gasteiger charge is 2.17. The normalized spacial score (nSPS) is 11.1. The maximum atomic E-state index is 12.0. The van der Waals surface area contributed by atoms with Crippen LogP contribution in [0.15, 0.2) is 30.3 Å². The summed E-state index contributed by atoms with van der Waals surface area (Å²) >= 11 is 1.27. The molecule has 0 radical (unpaired) electrons. The number of aliphatic hydroxyl groups is 1. The lowest BCUT2D eigenvalue weighted by Gasteiger charge is -2.01. The number of nitrogens with two attached hydrogens (primary N) is 1. The molecule has 0 saturated heterocycles. The Labute approximate surface area is 119 Å². The molecular formula is C14H13N3O2S. The molecule has 3 aromatic rings. The summed E-state index contributed by atoms with van der Waals surface area (Å²) in [7, 11) is 0. The van der Waals surface area contributed by atoms with E-state index in [1.54, 1.807) is 0 Å². The molecule has 2 aromatic heterocycles. The summed E-state index contributed by atoms with van der Waals surface area (Å²) in [5.74, 6) is -0.274. The number of nitrogens with zero attached hydrogens (tertiary/aromatic N) is 1. The lowest BCUT2D eigenvalue weighted by Crippen LogP contribution is -2.26. The topological polar surface area (TPSA) is 88.2 Å². The number of pyridine rings is 1. The van der Waals surface area contributed by atoms with Crippen LogP contribution in [0.5, 0.6) is 0 Å². The van der Waals surface area contributed by atoms with E-state index in [2.05, 4.69) is 10.3 Å². The predicted molar refractivity (Wildman–Crippen MR) is 81.0 cm³/mol. The quantitative estimate of drug-likeness (QED) is 0.685. The average molecular weight is 287 g/mol. The van der Waals surface area contributed by atoms with Gasteiger partial charge in [0, 0.05) is 17.3 Å². The molecule has 0 bridgehead atoms. The standard InChI is InChI=1S/C14H13N3O2S/c15-11-9-7-8-3-1-2-4-10(8)17-14(9)20-12(11)13(19)16-5-6-18/h1-4,7,18H,5-6,15H2,(H,16,19). The van der Waals surface area contributed by atoms with E-state index in [0.717, 1.165) is 21.1 Å². The van der Waals surface area contributed by atoms with E-state index in [0.29, 0.717) is 10.6 Å². The van der Waals surface area contributed by atoms with Gasteiger partial charge in [0.1, 0.15) is 9.71 Å². The molecule has 1 amide bonds. The fourth-order valence-corrected chi connectivity index (χ4v) is 3.06. The number of para-hydroxylation sites is 1. The Bertz CT molecular complexity index is 798. The Morgan fingerprint density at radius 3 is 3.00 bits per heavy atom. The molecule has 0 aliphatic heterocycles. The van der Waals surface area contributed by atoms with Crippen molar-refractivity contribution in [2.24, 2.45) is 0 Å². The van der Waals surface area contributed by atoms with Crippen molar-refractivity contribution < 1.29 is 9.90 Å². The first kappa shape index (κ1) is 12.8. The number of nitrogen functional groups attached to an aromatic ring is 1. The van der Waals surface area contributed by atoms with Gasteiger partial charge in [0.25, 0.3) is 5.91 Å². The van der Waals surface area contributed by atoms with E-state index in [-0.39, 0.29) is 19.1 Å². The molecule has 1 aromatic carbocycles. The van der Waals surface area contributed by atoms with E-state index < -0.39 is 0 Å². The predicted octanol–water partition coefficient (Wildman–Crippen LogP) is 1.75. The van der Waals surface area contributed by atoms with Crippen LogP contribution < -0.4 is 11.1 Å². The molecule has 0 spiro atoms. The third-order valence-corrected chi connectivity index (χ3v) is 4.14. The van der Waals surface area contributed by atoms with Gasteiger partial charge in [-0.3, -0.25) is 4.79 Å².